The number of hydrogen-bond acceptors (Lipinski definition) is 3. The van der Waals surface area contributed by atoms with Gasteiger partial charge >= 0.3 is 0 Å². The Morgan fingerprint density at radius 1 is 0.619 bits per heavy atom. The summed E-state index contributed by atoms with van der Waals surface area (Å²) in [6.45, 7) is 2.22. The molecule has 0 radical (unpaired) electrons. The van der Waals surface area contributed by atoms with Gasteiger partial charge in [-0.2, -0.15) is 4.98 Å². The molecular formula is C36H26N6. The summed E-state index contributed by atoms with van der Waals surface area (Å²) in [7, 11) is 0. The minimum atomic E-state index is 0.191. The van der Waals surface area contributed by atoms with Crippen LogP contribution in [0.4, 0.5) is 0 Å². The standard InChI is InChI=1S/C36H26N6/c1-23-11-5-8-16-28(23)40-22-38-35-32(40)21-37-36(39-35)42-30-18-10-7-15-27(30)33-31(42)20-19-26-25-14-6-9-17-29(25)41(34(26)33)24-12-3-2-4-13-24/h2-23,28H,1H3. The fourth-order valence-corrected chi connectivity index (χ4v) is 6.78. The second-order valence-electron chi connectivity index (χ2n) is 11.0. The van der Waals surface area contributed by atoms with Crippen LogP contribution in [-0.4, -0.2) is 28.7 Å². The molecule has 0 amide bonds. The van der Waals surface area contributed by atoms with Crippen LogP contribution in [0.1, 0.15) is 13.0 Å². The molecular weight excluding hydrogens is 516 g/mol. The molecule has 6 nitrogen and oxygen atoms in total. The van der Waals surface area contributed by atoms with Gasteiger partial charge in [-0.05, 0) is 36.2 Å². The van der Waals surface area contributed by atoms with Crippen LogP contribution in [0, 0.1) is 5.92 Å². The second-order valence-corrected chi connectivity index (χ2v) is 11.0. The van der Waals surface area contributed by atoms with Crippen molar-refractivity contribution in [2.24, 2.45) is 5.92 Å². The van der Waals surface area contributed by atoms with E-state index in [4.69, 9.17) is 15.0 Å². The molecule has 0 saturated carbocycles. The fraction of sp³-hybridized carbons (Fsp3) is 0.0833. The molecule has 42 heavy (non-hydrogen) atoms. The highest BCUT2D eigenvalue weighted by Gasteiger charge is 2.23. The molecule has 200 valence electrons. The average molecular weight is 543 g/mol. The molecule has 4 heterocycles. The maximum atomic E-state index is 5.03. The SMILES string of the molecule is CC1C=CC=CC1n1cnc2nc(-n3c4ccccc4c4c3ccc3c5ccccc5n(-c5ccccc5)c34)ncc21. The van der Waals surface area contributed by atoms with Crippen molar-refractivity contribution in [2.45, 2.75) is 13.0 Å². The lowest BCUT2D eigenvalue weighted by Gasteiger charge is -2.22. The number of imidazole rings is 1. The Hall–Kier alpha value is -5.49. The Morgan fingerprint density at radius 3 is 2.19 bits per heavy atom. The number of benzene rings is 4. The van der Waals surface area contributed by atoms with E-state index < -0.39 is 0 Å². The normalized spacial score (nSPS) is 17.0. The summed E-state index contributed by atoms with van der Waals surface area (Å²) in [5.74, 6) is 0.982. The molecule has 4 aromatic heterocycles. The van der Waals surface area contributed by atoms with Crippen molar-refractivity contribution < 1.29 is 0 Å². The van der Waals surface area contributed by atoms with Crippen molar-refractivity contribution in [1.82, 2.24) is 28.7 Å². The van der Waals surface area contributed by atoms with Crippen LogP contribution in [-0.2, 0) is 0 Å². The van der Waals surface area contributed by atoms with Gasteiger partial charge in [0.25, 0.3) is 0 Å². The summed E-state index contributed by atoms with van der Waals surface area (Å²) < 4.78 is 6.75. The van der Waals surface area contributed by atoms with Gasteiger partial charge in [0.15, 0.2) is 5.65 Å². The highest BCUT2D eigenvalue weighted by atomic mass is 15.2. The molecule has 8 aromatic rings. The van der Waals surface area contributed by atoms with E-state index in [-0.39, 0.29) is 6.04 Å². The molecule has 0 aliphatic heterocycles. The molecule has 4 aromatic carbocycles. The van der Waals surface area contributed by atoms with E-state index >= 15 is 0 Å². The Morgan fingerprint density at radius 2 is 1.36 bits per heavy atom. The average Bonchev–Trinajstić information content (AvgIpc) is 3.71. The minimum Gasteiger partial charge on any atom is -0.320 e. The van der Waals surface area contributed by atoms with Gasteiger partial charge in [0.05, 0.1) is 40.6 Å². The third-order valence-electron chi connectivity index (χ3n) is 8.70. The Labute approximate surface area is 241 Å². The molecule has 9 rings (SSSR count). The summed E-state index contributed by atoms with van der Waals surface area (Å²) in [4.78, 5) is 14.7. The number of fused-ring (bicyclic) bond motifs is 8. The van der Waals surface area contributed by atoms with Crippen molar-refractivity contribution in [1.29, 1.82) is 0 Å². The lowest BCUT2D eigenvalue weighted by atomic mass is 9.97. The summed E-state index contributed by atoms with van der Waals surface area (Å²) >= 11 is 0. The number of rotatable bonds is 3. The van der Waals surface area contributed by atoms with Crippen LogP contribution >= 0.6 is 0 Å². The van der Waals surface area contributed by atoms with Gasteiger partial charge in [-0.25, -0.2) is 9.97 Å². The van der Waals surface area contributed by atoms with Gasteiger partial charge in [0.1, 0.15) is 5.52 Å². The molecule has 1 aliphatic rings. The highest BCUT2D eigenvalue weighted by molar-refractivity contribution is 6.26. The summed E-state index contributed by atoms with van der Waals surface area (Å²) in [6, 6.07) is 32.5. The highest BCUT2D eigenvalue weighted by Crippen LogP contribution is 2.41. The number of allylic oxidation sites excluding steroid dienone is 4. The van der Waals surface area contributed by atoms with Crippen LogP contribution < -0.4 is 0 Å². The number of nitrogens with zero attached hydrogens (tertiary/aromatic N) is 6. The molecule has 0 fully saturated rings. The molecule has 1 aliphatic carbocycles. The summed E-state index contributed by atoms with van der Waals surface area (Å²) in [6.07, 6.45) is 12.4. The Kier molecular flexibility index (Phi) is 4.84. The number of aromatic nitrogens is 6. The smallest absolute Gasteiger partial charge is 0.236 e. The molecule has 6 heteroatoms. The van der Waals surface area contributed by atoms with Crippen LogP contribution in [0.5, 0.6) is 0 Å². The topological polar surface area (TPSA) is 53.5 Å². The second kappa shape index (κ2) is 8.75. The maximum Gasteiger partial charge on any atom is 0.236 e. The number of hydrogen-bond donors (Lipinski definition) is 0. The van der Waals surface area contributed by atoms with E-state index in [1.54, 1.807) is 0 Å². The van der Waals surface area contributed by atoms with Gasteiger partial charge in [-0.15, -0.1) is 0 Å². The first-order chi connectivity index (χ1) is 20.8. The Balaban J connectivity index is 1.35. The molecule has 2 unspecified atom stereocenters. The molecule has 0 saturated heterocycles. The molecule has 2 atom stereocenters. The van der Waals surface area contributed by atoms with Crippen LogP contribution in [0.3, 0.4) is 0 Å². The molecule has 0 bridgehead atoms. The van der Waals surface area contributed by atoms with Gasteiger partial charge < -0.3 is 9.13 Å². The lowest BCUT2D eigenvalue weighted by Crippen LogP contribution is -2.14. The zero-order valence-electron chi connectivity index (χ0n) is 23.0. The summed E-state index contributed by atoms with van der Waals surface area (Å²) in [5, 5.41) is 4.81. The van der Waals surface area contributed by atoms with Crippen molar-refractivity contribution in [3.63, 3.8) is 0 Å². The fourth-order valence-electron chi connectivity index (χ4n) is 6.78. The zero-order chi connectivity index (χ0) is 27.8. The summed E-state index contributed by atoms with van der Waals surface area (Å²) in [5.41, 5.74) is 7.27. The van der Waals surface area contributed by atoms with Crippen LogP contribution in [0.25, 0.3) is 66.4 Å². The van der Waals surface area contributed by atoms with Gasteiger partial charge in [0, 0.05) is 27.2 Å². The van der Waals surface area contributed by atoms with Crippen molar-refractivity contribution >= 4 is 54.8 Å². The Bertz CT molecular complexity index is 2390. The first-order valence-electron chi connectivity index (χ1n) is 14.3. The van der Waals surface area contributed by atoms with E-state index in [9.17, 15) is 0 Å². The molecule has 0 spiro atoms. The van der Waals surface area contributed by atoms with E-state index in [1.807, 2.05) is 12.5 Å². The predicted molar refractivity (Wildman–Crippen MR) is 170 cm³/mol. The minimum absolute atomic E-state index is 0.191. The van der Waals surface area contributed by atoms with E-state index in [2.05, 4.69) is 136 Å². The quantitative estimate of drug-likeness (QED) is 0.226. The third-order valence-corrected chi connectivity index (χ3v) is 8.70. The largest absolute Gasteiger partial charge is 0.320 e. The third kappa shape index (κ3) is 3.17. The van der Waals surface area contributed by atoms with Gasteiger partial charge in [-0.3, -0.25) is 4.57 Å². The van der Waals surface area contributed by atoms with E-state index in [1.165, 1.54) is 32.6 Å². The van der Waals surface area contributed by atoms with Crippen LogP contribution in [0.15, 0.2) is 128 Å². The number of para-hydroxylation sites is 3. The van der Waals surface area contributed by atoms with E-state index in [0.29, 0.717) is 17.5 Å². The van der Waals surface area contributed by atoms with Crippen molar-refractivity contribution in [3.8, 4) is 11.6 Å². The lowest BCUT2D eigenvalue weighted by molar-refractivity contribution is 0.496. The van der Waals surface area contributed by atoms with E-state index in [0.717, 1.165) is 22.2 Å². The van der Waals surface area contributed by atoms with Gasteiger partial charge in [-0.1, -0.05) is 91.9 Å². The monoisotopic (exact) mass is 542 g/mol. The zero-order valence-corrected chi connectivity index (χ0v) is 23.0. The predicted octanol–water partition coefficient (Wildman–Crippen LogP) is 8.32. The van der Waals surface area contributed by atoms with Gasteiger partial charge in [0.2, 0.25) is 5.95 Å². The maximum absolute atomic E-state index is 5.03. The first-order valence-corrected chi connectivity index (χ1v) is 14.3. The van der Waals surface area contributed by atoms with Crippen molar-refractivity contribution in [2.75, 3.05) is 0 Å². The molecule has 0 N–H and O–H groups in total. The first kappa shape index (κ1) is 23.2. The van der Waals surface area contributed by atoms with Crippen LogP contribution in [0.2, 0.25) is 0 Å². The van der Waals surface area contributed by atoms with Crippen molar-refractivity contribution in [3.05, 3.63) is 128 Å².